The van der Waals surface area contributed by atoms with E-state index in [0.29, 0.717) is 18.1 Å². The first-order chi connectivity index (χ1) is 9.65. The van der Waals surface area contributed by atoms with Crippen molar-refractivity contribution in [1.29, 1.82) is 0 Å². The molecule has 2 aromatic rings. The third-order valence-electron chi connectivity index (χ3n) is 3.02. The molecule has 6 heteroatoms. The molecule has 0 amide bonds. The Hall–Kier alpha value is -2.08. The van der Waals surface area contributed by atoms with Crippen LogP contribution in [-0.2, 0) is 13.2 Å². The monoisotopic (exact) mass is 277 g/mol. The van der Waals surface area contributed by atoms with Crippen LogP contribution in [0.2, 0.25) is 0 Å². The maximum absolute atomic E-state index is 9.57. The molecule has 0 saturated heterocycles. The number of ether oxygens (including phenoxy) is 2. The molecule has 0 fully saturated rings. The van der Waals surface area contributed by atoms with Gasteiger partial charge in [-0.2, -0.15) is 5.10 Å². The molecule has 108 valence electrons. The zero-order chi connectivity index (χ0) is 14.5. The van der Waals surface area contributed by atoms with Crippen LogP contribution in [0.3, 0.4) is 0 Å². The molecule has 1 atom stereocenters. The van der Waals surface area contributed by atoms with Gasteiger partial charge in [-0.05, 0) is 31.5 Å². The minimum atomic E-state index is -0.541. The summed E-state index contributed by atoms with van der Waals surface area (Å²) in [6, 6.07) is 5.37. The fourth-order valence-corrected chi connectivity index (χ4v) is 1.87. The predicted molar refractivity (Wildman–Crippen MR) is 73.7 cm³/mol. The van der Waals surface area contributed by atoms with Crippen LogP contribution in [-0.4, -0.2) is 27.0 Å². The van der Waals surface area contributed by atoms with Crippen LogP contribution in [0, 0.1) is 0 Å². The molecule has 1 aromatic carbocycles. The van der Waals surface area contributed by atoms with Gasteiger partial charge in [-0.3, -0.25) is 0 Å². The minimum absolute atomic E-state index is 0.318. The van der Waals surface area contributed by atoms with Gasteiger partial charge < -0.3 is 14.6 Å². The van der Waals surface area contributed by atoms with E-state index < -0.39 is 6.10 Å². The third-order valence-corrected chi connectivity index (χ3v) is 3.02. The molecule has 0 aliphatic rings. The Morgan fingerprint density at radius 2 is 2.15 bits per heavy atom. The Labute approximate surface area is 118 Å². The van der Waals surface area contributed by atoms with Crippen molar-refractivity contribution in [2.45, 2.75) is 33.1 Å². The molecule has 0 bridgehead atoms. The molecule has 1 heterocycles. The molecule has 1 N–H and O–H groups in total. The zero-order valence-corrected chi connectivity index (χ0v) is 11.9. The van der Waals surface area contributed by atoms with Gasteiger partial charge in [-0.15, -0.1) is 0 Å². The Kier molecular flexibility index (Phi) is 4.57. The highest BCUT2D eigenvalue weighted by molar-refractivity contribution is 5.43. The highest BCUT2D eigenvalue weighted by atomic mass is 16.5. The fourth-order valence-electron chi connectivity index (χ4n) is 1.87. The lowest BCUT2D eigenvalue weighted by atomic mass is 10.1. The highest BCUT2D eigenvalue weighted by Crippen LogP contribution is 2.30. The molecule has 0 saturated carbocycles. The van der Waals surface area contributed by atoms with Crippen molar-refractivity contribution in [3.8, 4) is 11.5 Å². The van der Waals surface area contributed by atoms with Crippen LogP contribution >= 0.6 is 0 Å². The summed E-state index contributed by atoms with van der Waals surface area (Å²) in [7, 11) is 1.57. The normalized spacial score (nSPS) is 12.2. The number of benzene rings is 1. The number of aryl methyl sites for hydroxylation is 1. The summed E-state index contributed by atoms with van der Waals surface area (Å²) in [6.45, 7) is 4.77. The number of aliphatic hydroxyl groups excluding tert-OH is 1. The molecule has 0 aliphatic heterocycles. The van der Waals surface area contributed by atoms with Gasteiger partial charge in [0.15, 0.2) is 17.3 Å². The van der Waals surface area contributed by atoms with Gasteiger partial charge in [0.25, 0.3) is 0 Å². The molecule has 0 aliphatic carbocycles. The first-order valence-corrected chi connectivity index (χ1v) is 6.51. The first kappa shape index (κ1) is 14.3. The van der Waals surface area contributed by atoms with Gasteiger partial charge in [0.05, 0.1) is 13.2 Å². The number of hydrogen-bond donors (Lipinski definition) is 1. The second-order valence-corrected chi connectivity index (χ2v) is 4.37. The summed E-state index contributed by atoms with van der Waals surface area (Å²) >= 11 is 0. The van der Waals surface area contributed by atoms with Crippen molar-refractivity contribution in [2.24, 2.45) is 0 Å². The van der Waals surface area contributed by atoms with Crippen molar-refractivity contribution >= 4 is 0 Å². The van der Waals surface area contributed by atoms with E-state index in [1.54, 1.807) is 30.8 Å². The van der Waals surface area contributed by atoms with Crippen LogP contribution in [0.5, 0.6) is 11.5 Å². The van der Waals surface area contributed by atoms with Gasteiger partial charge >= 0.3 is 0 Å². The average Bonchev–Trinajstić information content (AvgIpc) is 2.92. The SMILES string of the molecule is CCn1ncnc1COc1ccc([C@H](C)O)cc1OC. The van der Waals surface area contributed by atoms with Gasteiger partial charge in [-0.1, -0.05) is 6.07 Å². The van der Waals surface area contributed by atoms with E-state index in [9.17, 15) is 5.11 Å². The molecule has 0 spiro atoms. The zero-order valence-electron chi connectivity index (χ0n) is 11.9. The molecule has 1 aromatic heterocycles. The Balaban J connectivity index is 2.13. The summed E-state index contributed by atoms with van der Waals surface area (Å²) < 4.78 is 12.8. The lowest BCUT2D eigenvalue weighted by molar-refractivity contribution is 0.198. The second kappa shape index (κ2) is 6.38. The van der Waals surface area contributed by atoms with E-state index in [-0.39, 0.29) is 0 Å². The summed E-state index contributed by atoms with van der Waals surface area (Å²) in [5.41, 5.74) is 0.783. The van der Waals surface area contributed by atoms with Gasteiger partial charge in [0.2, 0.25) is 0 Å². The van der Waals surface area contributed by atoms with Crippen molar-refractivity contribution in [3.05, 3.63) is 35.9 Å². The number of hydrogen-bond acceptors (Lipinski definition) is 5. The van der Waals surface area contributed by atoms with Crippen molar-refractivity contribution < 1.29 is 14.6 Å². The third kappa shape index (κ3) is 3.08. The maximum atomic E-state index is 9.57. The van der Waals surface area contributed by atoms with Crippen molar-refractivity contribution in [3.63, 3.8) is 0 Å². The van der Waals surface area contributed by atoms with Crippen molar-refractivity contribution in [2.75, 3.05) is 7.11 Å². The van der Waals surface area contributed by atoms with E-state index in [4.69, 9.17) is 9.47 Å². The molecule has 0 radical (unpaired) electrons. The number of rotatable bonds is 6. The predicted octanol–water partition coefficient (Wildman–Crippen LogP) is 1.94. The minimum Gasteiger partial charge on any atom is -0.493 e. The molecule has 2 rings (SSSR count). The van der Waals surface area contributed by atoms with E-state index in [1.807, 2.05) is 13.0 Å². The number of nitrogens with zero attached hydrogens (tertiary/aromatic N) is 3. The van der Waals surface area contributed by atoms with Gasteiger partial charge in [0.1, 0.15) is 12.9 Å². The van der Waals surface area contributed by atoms with Crippen LogP contribution < -0.4 is 9.47 Å². The van der Waals surface area contributed by atoms with Gasteiger partial charge in [-0.25, -0.2) is 9.67 Å². The summed E-state index contributed by atoms with van der Waals surface area (Å²) in [5, 5.41) is 13.7. The molecule has 20 heavy (non-hydrogen) atoms. The lowest BCUT2D eigenvalue weighted by Crippen LogP contribution is -2.07. The van der Waals surface area contributed by atoms with Crippen molar-refractivity contribution in [1.82, 2.24) is 14.8 Å². The summed E-state index contributed by atoms with van der Waals surface area (Å²) in [4.78, 5) is 4.15. The number of aromatic nitrogens is 3. The first-order valence-electron chi connectivity index (χ1n) is 6.51. The number of methoxy groups -OCH3 is 1. The Bertz CT molecular complexity index is 567. The maximum Gasteiger partial charge on any atom is 0.164 e. The molecular weight excluding hydrogens is 258 g/mol. The van der Waals surface area contributed by atoms with E-state index >= 15 is 0 Å². The summed E-state index contributed by atoms with van der Waals surface area (Å²) in [6.07, 6.45) is 0.969. The number of aliphatic hydroxyl groups is 1. The highest BCUT2D eigenvalue weighted by Gasteiger charge is 2.10. The Morgan fingerprint density at radius 3 is 2.80 bits per heavy atom. The van der Waals surface area contributed by atoms with E-state index in [1.165, 1.54) is 6.33 Å². The van der Waals surface area contributed by atoms with Gasteiger partial charge in [0, 0.05) is 6.54 Å². The van der Waals surface area contributed by atoms with Crippen LogP contribution in [0.4, 0.5) is 0 Å². The standard InChI is InChI=1S/C14H19N3O3/c1-4-17-14(15-9-16-17)8-20-12-6-5-11(10(2)18)7-13(12)19-3/h5-7,9-10,18H,4,8H2,1-3H3/t10-/m0/s1. The lowest BCUT2D eigenvalue weighted by Gasteiger charge is -2.13. The second-order valence-electron chi connectivity index (χ2n) is 4.37. The van der Waals surface area contributed by atoms with Crippen LogP contribution in [0.1, 0.15) is 31.3 Å². The van der Waals surface area contributed by atoms with Crippen LogP contribution in [0.15, 0.2) is 24.5 Å². The van der Waals surface area contributed by atoms with Crippen LogP contribution in [0.25, 0.3) is 0 Å². The quantitative estimate of drug-likeness (QED) is 0.873. The average molecular weight is 277 g/mol. The smallest absolute Gasteiger partial charge is 0.164 e. The molecule has 6 nitrogen and oxygen atoms in total. The topological polar surface area (TPSA) is 69.4 Å². The fraction of sp³-hybridized carbons (Fsp3) is 0.429. The molecular formula is C14H19N3O3. The molecule has 0 unspecified atom stereocenters. The van der Waals surface area contributed by atoms with E-state index in [2.05, 4.69) is 10.1 Å². The largest absolute Gasteiger partial charge is 0.493 e. The summed E-state index contributed by atoms with van der Waals surface area (Å²) in [5.74, 6) is 1.96. The van der Waals surface area contributed by atoms with E-state index in [0.717, 1.165) is 17.9 Å². The Morgan fingerprint density at radius 1 is 1.35 bits per heavy atom.